The summed E-state index contributed by atoms with van der Waals surface area (Å²) < 4.78 is 0. The first-order valence-electron chi connectivity index (χ1n) is 0.949. The molecule has 0 aromatic carbocycles. The van der Waals surface area contributed by atoms with Gasteiger partial charge in [0.2, 0.25) is 0 Å². The van der Waals surface area contributed by atoms with Crippen LogP contribution in [0, 0.1) is 0 Å². The second kappa shape index (κ2) is 4.98. The summed E-state index contributed by atoms with van der Waals surface area (Å²) in [7, 11) is 0. The van der Waals surface area contributed by atoms with Crippen LogP contribution in [0.1, 0.15) is 0 Å². The van der Waals surface area contributed by atoms with Gasteiger partial charge in [-0.2, -0.15) is 0 Å². The molecule has 0 radical (unpaired) electrons. The van der Waals surface area contributed by atoms with Crippen LogP contribution >= 0.6 is 0 Å². The molecule has 0 nitrogen and oxygen atoms in total. The quantitative estimate of drug-likeness (QED) is 0.518. The third-order valence-electron chi connectivity index (χ3n) is 0. The second-order valence-electron chi connectivity index (χ2n) is 0.949. The Morgan fingerprint density at radius 1 is 1.00 bits per heavy atom. The summed E-state index contributed by atoms with van der Waals surface area (Å²) in [6, 6.07) is 0. The average molecular weight is 276 g/mol. The Labute approximate surface area is 45.9 Å². The number of hydrogen-bond acceptors (Lipinski definition) is 0. The molecule has 0 unspecified atom stereocenters. The molecular weight excluding hydrogens is 267 g/mol. The molecule has 0 spiro atoms. The van der Waals surface area contributed by atoms with Crippen LogP contribution in [-0.4, -0.2) is 0 Å². The molecule has 0 bridgehead atoms. The van der Waals surface area contributed by atoms with E-state index in [1.165, 1.54) is 0 Å². The SMILES string of the molecule is [CH3][Pt+]([CH3])[CH3].[Cl-]. The Balaban J connectivity index is 0. The maximum atomic E-state index is 2.32. The molecule has 0 rings (SSSR count). The van der Waals surface area contributed by atoms with E-state index in [0.717, 1.165) is 0 Å². The molecule has 2 heteroatoms. The number of rotatable bonds is 0. The third-order valence-corrected chi connectivity index (χ3v) is 0. The first kappa shape index (κ1) is 9.36. The van der Waals surface area contributed by atoms with Crippen LogP contribution in [-0.2, 0) is 17.3 Å². The van der Waals surface area contributed by atoms with Gasteiger partial charge in [-0.1, -0.05) is 0 Å². The second-order valence-corrected chi connectivity index (χ2v) is 7.77. The van der Waals surface area contributed by atoms with E-state index in [4.69, 9.17) is 0 Å². The molecule has 0 fully saturated rings. The van der Waals surface area contributed by atoms with Crippen molar-refractivity contribution in [3.63, 3.8) is 0 Å². The van der Waals surface area contributed by atoms with E-state index in [0.29, 0.717) is 0 Å². The molecule has 0 aliphatic rings. The molecule has 0 aromatic heterocycles. The molecular formula is C3H9ClPt. The van der Waals surface area contributed by atoms with Crippen molar-refractivity contribution >= 4 is 0 Å². The Morgan fingerprint density at radius 2 is 1.00 bits per heavy atom. The monoisotopic (exact) mass is 275 g/mol. The van der Waals surface area contributed by atoms with Gasteiger partial charge in [0.15, 0.2) is 0 Å². The van der Waals surface area contributed by atoms with E-state index in [-0.39, 0.29) is 29.7 Å². The zero-order valence-electron chi connectivity index (χ0n) is 3.69. The minimum Gasteiger partial charge on any atom is -1.00 e. The van der Waals surface area contributed by atoms with E-state index in [9.17, 15) is 0 Å². The normalized spacial score (nSPS) is 9.00. The van der Waals surface area contributed by atoms with Crippen LogP contribution in [0.15, 0.2) is 0 Å². The van der Waals surface area contributed by atoms with Gasteiger partial charge < -0.3 is 12.4 Å². The Morgan fingerprint density at radius 3 is 1.00 bits per heavy atom. The zero-order chi connectivity index (χ0) is 3.58. The molecule has 5 heavy (non-hydrogen) atoms. The smallest absolute Gasteiger partial charge is 1.00 e. The van der Waals surface area contributed by atoms with Gasteiger partial charge in [-0.3, -0.25) is 0 Å². The molecule has 0 saturated carbocycles. The van der Waals surface area contributed by atoms with Crippen LogP contribution in [0.4, 0.5) is 0 Å². The summed E-state index contributed by atoms with van der Waals surface area (Å²) in [5.41, 5.74) is 0. The first-order chi connectivity index (χ1) is 1.73. The fraction of sp³-hybridized carbons (Fsp3) is 1.00. The van der Waals surface area contributed by atoms with Crippen LogP contribution in [0.3, 0.4) is 0 Å². The summed E-state index contributed by atoms with van der Waals surface area (Å²) in [5, 5.41) is 6.97. The van der Waals surface area contributed by atoms with Crippen molar-refractivity contribution < 1.29 is 29.7 Å². The number of hydrogen-bond donors (Lipinski definition) is 0. The van der Waals surface area contributed by atoms with E-state index in [1.807, 2.05) is 0 Å². The minimum atomic E-state index is -0.269. The molecule has 38 valence electrons. The molecule has 0 aromatic rings. The van der Waals surface area contributed by atoms with Crippen molar-refractivity contribution in [2.45, 2.75) is 15.9 Å². The first-order valence-corrected chi connectivity index (χ1v) is 7.77. The van der Waals surface area contributed by atoms with Gasteiger partial charge >= 0.3 is 33.3 Å². The van der Waals surface area contributed by atoms with Gasteiger partial charge in [0, 0.05) is 0 Å². The van der Waals surface area contributed by atoms with Gasteiger partial charge in [-0.25, -0.2) is 0 Å². The molecule has 0 aliphatic carbocycles. The molecule has 0 heterocycles. The van der Waals surface area contributed by atoms with Gasteiger partial charge in [0.05, 0.1) is 0 Å². The summed E-state index contributed by atoms with van der Waals surface area (Å²) in [4.78, 5) is 0. The largest absolute Gasteiger partial charge is 1.00 e. The molecule has 0 atom stereocenters. The molecule has 0 aliphatic heterocycles. The predicted octanol–water partition coefficient (Wildman–Crippen LogP) is -1.25. The Hall–Kier alpha value is 0.978. The molecule has 0 amide bonds. The predicted molar refractivity (Wildman–Crippen MR) is 17.6 cm³/mol. The van der Waals surface area contributed by atoms with E-state index in [2.05, 4.69) is 15.9 Å². The fourth-order valence-electron chi connectivity index (χ4n) is 0. The maximum absolute atomic E-state index is 2.32. The van der Waals surface area contributed by atoms with Crippen molar-refractivity contribution in [2.24, 2.45) is 0 Å². The Bertz CT molecular complexity index is 11.6. The van der Waals surface area contributed by atoms with E-state index >= 15 is 0 Å². The molecule has 0 N–H and O–H groups in total. The molecule has 0 saturated heterocycles. The standard InChI is InChI=1S/3CH3.ClH.Pt/h3*1H3;1H;/q;;;;+1/p-1. The minimum absolute atomic E-state index is 0. The van der Waals surface area contributed by atoms with Crippen molar-refractivity contribution in [3.8, 4) is 0 Å². The van der Waals surface area contributed by atoms with Gasteiger partial charge in [0.1, 0.15) is 0 Å². The zero-order valence-corrected chi connectivity index (χ0v) is 6.72. The van der Waals surface area contributed by atoms with Gasteiger partial charge in [0.25, 0.3) is 0 Å². The summed E-state index contributed by atoms with van der Waals surface area (Å²) in [6.45, 7) is 0. The summed E-state index contributed by atoms with van der Waals surface area (Å²) >= 11 is -0.269. The third kappa shape index (κ3) is 46.1. The van der Waals surface area contributed by atoms with Crippen LogP contribution in [0.25, 0.3) is 0 Å². The van der Waals surface area contributed by atoms with Gasteiger partial charge in [-0.15, -0.1) is 0 Å². The fourth-order valence-corrected chi connectivity index (χ4v) is 0. The Kier molecular flexibility index (Phi) is 9.32. The summed E-state index contributed by atoms with van der Waals surface area (Å²) in [5.74, 6) is 0. The van der Waals surface area contributed by atoms with Crippen LogP contribution in [0.2, 0.25) is 15.9 Å². The van der Waals surface area contributed by atoms with E-state index < -0.39 is 0 Å². The maximum Gasteiger partial charge on any atom is -1.00 e. The van der Waals surface area contributed by atoms with Crippen molar-refractivity contribution in [3.05, 3.63) is 0 Å². The van der Waals surface area contributed by atoms with Crippen LogP contribution in [0.5, 0.6) is 0 Å². The number of halogens is 1. The average Bonchev–Trinajstić information content (AvgIpc) is 0.811. The topological polar surface area (TPSA) is 0 Å². The van der Waals surface area contributed by atoms with Gasteiger partial charge in [-0.05, 0) is 0 Å². The van der Waals surface area contributed by atoms with Crippen LogP contribution < -0.4 is 12.4 Å². The van der Waals surface area contributed by atoms with E-state index in [1.54, 1.807) is 0 Å². The van der Waals surface area contributed by atoms with Crippen molar-refractivity contribution in [1.82, 2.24) is 0 Å². The van der Waals surface area contributed by atoms with Crippen molar-refractivity contribution in [1.29, 1.82) is 0 Å². The van der Waals surface area contributed by atoms with Crippen molar-refractivity contribution in [2.75, 3.05) is 0 Å². The summed E-state index contributed by atoms with van der Waals surface area (Å²) in [6.07, 6.45) is 0.